The van der Waals surface area contributed by atoms with Crippen molar-refractivity contribution in [3.8, 4) is 17.9 Å². The Hall–Kier alpha value is -2.53. The molecule has 21 heavy (non-hydrogen) atoms. The lowest BCUT2D eigenvalue weighted by Gasteiger charge is -2.02. The van der Waals surface area contributed by atoms with Gasteiger partial charge in [0.2, 0.25) is 0 Å². The van der Waals surface area contributed by atoms with Crippen molar-refractivity contribution in [3.05, 3.63) is 57.1 Å². The van der Waals surface area contributed by atoms with E-state index in [9.17, 15) is 5.11 Å². The predicted octanol–water partition coefficient (Wildman–Crippen LogP) is 4.19. The van der Waals surface area contributed by atoms with E-state index in [0.717, 1.165) is 0 Å². The summed E-state index contributed by atoms with van der Waals surface area (Å²) in [7, 11) is 0. The van der Waals surface area contributed by atoms with Crippen LogP contribution in [0.5, 0.6) is 5.75 Å². The molecule has 0 saturated carbocycles. The first-order valence-electron chi connectivity index (χ1n) is 5.71. The molecule has 0 heterocycles. The summed E-state index contributed by atoms with van der Waals surface area (Å²) in [6, 6.07) is 11.4. The molecule has 2 aromatic carbocycles. The fraction of sp³-hybridized carbons (Fsp3) is 0. The Bertz CT molecular complexity index is 817. The zero-order valence-corrected chi connectivity index (χ0v) is 12.0. The lowest BCUT2D eigenvalue weighted by atomic mass is 10.1. The lowest BCUT2D eigenvalue weighted by molar-refractivity contribution is 0.475. The maximum absolute atomic E-state index is 9.81. The van der Waals surface area contributed by atoms with Crippen molar-refractivity contribution in [1.82, 2.24) is 0 Å². The number of nitriles is 2. The number of benzene rings is 2. The molecule has 0 radical (unpaired) electrons. The Morgan fingerprint density at radius 3 is 2.43 bits per heavy atom. The van der Waals surface area contributed by atoms with Crippen molar-refractivity contribution in [2.24, 2.45) is 4.99 Å². The van der Waals surface area contributed by atoms with E-state index in [1.54, 1.807) is 6.07 Å². The molecule has 4 nitrogen and oxygen atoms in total. The minimum atomic E-state index is -0.126. The molecule has 1 N–H and O–H groups in total. The van der Waals surface area contributed by atoms with Crippen LogP contribution in [-0.2, 0) is 0 Å². The van der Waals surface area contributed by atoms with E-state index in [1.807, 2.05) is 12.1 Å². The number of hydrogen-bond acceptors (Lipinski definition) is 4. The van der Waals surface area contributed by atoms with Crippen molar-refractivity contribution in [1.29, 1.82) is 10.5 Å². The van der Waals surface area contributed by atoms with Crippen LogP contribution in [0.2, 0.25) is 10.0 Å². The number of phenolic OH excluding ortho intramolecular Hbond substituents is 1. The van der Waals surface area contributed by atoms with E-state index in [-0.39, 0.29) is 21.9 Å². The monoisotopic (exact) mass is 315 g/mol. The van der Waals surface area contributed by atoms with Gasteiger partial charge < -0.3 is 5.11 Å². The molecule has 2 rings (SSSR count). The maximum Gasteiger partial charge on any atom is 0.143 e. The summed E-state index contributed by atoms with van der Waals surface area (Å²) in [6.07, 6.45) is 1.38. The Morgan fingerprint density at radius 2 is 1.76 bits per heavy atom. The Morgan fingerprint density at radius 1 is 1.05 bits per heavy atom. The van der Waals surface area contributed by atoms with Gasteiger partial charge in [0.15, 0.2) is 0 Å². The van der Waals surface area contributed by atoms with Crippen molar-refractivity contribution in [2.45, 2.75) is 0 Å². The highest BCUT2D eigenvalue weighted by Gasteiger charge is 2.06. The second kappa shape index (κ2) is 6.28. The minimum Gasteiger partial charge on any atom is -0.506 e. The normalized spacial score (nSPS) is 10.3. The Kier molecular flexibility index (Phi) is 4.45. The first-order valence-corrected chi connectivity index (χ1v) is 6.47. The molecular weight excluding hydrogens is 309 g/mol. The minimum absolute atomic E-state index is 0.126. The van der Waals surface area contributed by atoms with Crippen LogP contribution in [0.1, 0.15) is 16.7 Å². The van der Waals surface area contributed by atoms with Gasteiger partial charge in [0.05, 0.1) is 21.8 Å². The first-order chi connectivity index (χ1) is 10.0. The Labute approximate surface area is 131 Å². The first kappa shape index (κ1) is 14.9. The molecule has 0 aliphatic carbocycles. The van der Waals surface area contributed by atoms with Gasteiger partial charge in [-0.1, -0.05) is 23.2 Å². The number of hydrogen-bond donors (Lipinski definition) is 1. The predicted molar refractivity (Wildman–Crippen MR) is 81.3 cm³/mol. The van der Waals surface area contributed by atoms with Gasteiger partial charge in [0, 0.05) is 16.8 Å². The fourth-order valence-electron chi connectivity index (χ4n) is 1.63. The molecular formula is C15H7Cl2N3O. The summed E-state index contributed by atoms with van der Waals surface area (Å²) in [4.78, 5) is 4.14. The smallest absolute Gasteiger partial charge is 0.143 e. The molecule has 0 aliphatic heterocycles. The number of phenols is 1. The topological polar surface area (TPSA) is 80.2 Å². The van der Waals surface area contributed by atoms with Gasteiger partial charge in [-0.05, 0) is 30.3 Å². The van der Waals surface area contributed by atoms with Crippen LogP contribution < -0.4 is 0 Å². The molecule has 0 unspecified atom stereocenters. The zero-order chi connectivity index (χ0) is 15.4. The van der Waals surface area contributed by atoms with Crippen molar-refractivity contribution < 1.29 is 5.11 Å². The van der Waals surface area contributed by atoms with Crippen LogP contribution in [0.15, 0.2) is 35.3 Å². The Balaban J connectivity index is 2.39. The van der Waals surface area contributed by atoms with Gasteiger partial charge >= 0.3 is 0 Å². The number of halogens is 2. The van der Waals surface area contributed by atoms with E-state index in [0.29, 0.717) is 16.3 Å². The van der Waals surface area contributed by atoms with Crippen LogP contribution in [0, 0.1) is 22.7 Å². The second-order valence-corrected chi connectivity index (χ2v) is 4.88. The van der Waals surface area contributed by atoms with E-state index >= 15 is 0 Å². The summed E-state index contributed by atoms with van der Waals surface area (Å²) in [5.74, 6) is -0.126. The number of aromatic hydroxyl groups is 1. The SMILES string of the molecule is N#Cc1ccc(N=Cc2cc(Cl)cc(Cl)c2O)cc1C#N. The molecule has 0 atom stereocenters. The third-order valence-corrected chi connectivity index (χ3v) is 3.16. The largest absolute Gasteiger partial charge is 0.506 e. The van der Waals surface area contributed by atoms with E-state index in [4.69, 9.17) is 33.7 Å². The summed E-state index contributed by atoms with van der Waals surface area (Å²) >= 11 is 11.7. The third kappa shape index (κ3) is 3.32. The van der Waals surface area contributed by atoms with Crippen LogP contribution in [0.25, 0.3) is 0 Å². The summed E-state index contributed by atoms with van der Waals surface area (Å²) in [5, 5.41) is 28.1. The quantitative estimate of drug-likeness (QED) is 0.843. The van der Waals surface area contributed by atoms with E-state index in [1.165, 1.54) is 30.5 Å². The van der Waals surface area contributed by atoms with Gasteiger partial charge in [0.25, 0.3) is 0 Å². The van der Waals surface area contributed by atoms with E-state index < -0.39 is 0 Å². The highest BCUT2D eigenvalue weighted by Crippen LogP contribution is 2.30. The lowest BCUT2D eigenvalue weighted by Crippen LogP contribution is -1.85. The van der Waals surface area contributed by atoms with Crippen molar-refractivity contribution in [2.75, 3.05) is 0 Å². The van der Waals surface area contributed by atoms with Gasteiger partial charge in [-0.25, -0.2) is 0 Å². The molecule has 0 bridgehead atoms. The van der Waals surface area contributed by atoms with Gasteiger partial charge in [-0.15, -0.1) is 0 Å². The van der Waals surface area contributed by atoms with Gasteiger partial charge in [-0.3, -0.25) is 4.99 Å². The molecule has 0 saturated heterocycles. The average Bonchev–Trinajstić information content (AvgIpc) is 2.49. The standard InChI is InChI=1S/C15H7Cl2N3O/c16-12-3-11(15(21)14(17)5-12)8-20-13-2-1-9(6-18)10(4-13)7-19/h1-5,8,21H. The molecule has 0 fully saturated rings. The number of rotatable bonds is 2. The molecule has 6 heteroatoms. The summed E-state index contributed by atoms with van der Waals surface area (Å²) < 4.78 is 0. The molecule has 0 aliphatic rings. The molecule has 2 aromatic rings. The third-order valence-electron chi connectivity index (χ3n) is 2.65. The summed E-state index contributed by atoms with van der Waals surface area (Å²) in [6.45, 7) is 0. The van der Waals surface area contributed by atoms with Crippen molar-refractivity contribution >= 4 is 35.1 Å². The molecule has 0 spiro atoms. The van der Waals surface area contributed by atoms with Crippen LogP contribution in [0.3, 0.4) is 0 Å². The van der Waals surface area contributed by atoms with Crippen LogP contribution in [0.4, 0.5) is 5.69 Å². The number of nitrogens with zero attached hydrogens (tertiary/aromatic N) is 3. The number of aliphatic imine (C=N–C) groups is 1. The van der Waals surface area contributed by atoms with Crippen LogP contribution >= 0.6 is 23.2 Å². The molecule has 0 amide bonds. The average molecular weight is 316 g/mol. The fourth-order valence-corrected chi connectivity index (χ4v) is 2.14. The zero-order valence-electron chi connectivity index (χ0n) is 10.5. The van der Waals surface area contributed by atoms with Gasteiger partial charge in [0.1, 0.15) is 17.9 Å². The van der Waals surface area contributed by atoms with Gasteiger partial charge in [-0.2, -0.15) is 10.5 Å². The highest BCUT2D eigenvalue weighted by molar-refractivity contribution is 6.36. The molecule has 102 valence electrons. The summed E-state index contributed by atoms with van der Waals surface area (Å²) in [5.41, 5.74) is 1.35. The highest BCUT2D eigenvalue weighted by atomic mass is 35.5. The second-order valence-electron chi connectivity index (χ2n) is 4.04. The molecule has 0 aromatic heterocycles. The van der Waals surface area contributed by atoms with E-state index in [2.05, 4.69) is 4.99 Å². The van der Waals surface area contributed by atoms with Crippen LogP contribution in [-0.4, -0.2) is 11.3 Å². The van der Waals surface area contributed by atoms with Crippen molar-refractivity contribution in [3.63, 3.8) is 0 Å². The maximum atomic E-state index is 9.81.